The van der Waals surface area contributed by atoms with Crippen molar-refractivity contribution in [3.8, 4) is 0 Å². The highest BCUT2D eigenvalue weighted by molar-refractivity contribution is 6.04. The lowest BCUT2D eigenvalue weighted by Gasteiger charge is -2.11. The van der Waals surface area contributed by atoms with Crippen molar-refractivity contribution in [1.29, 1.82) is 0 Å². The lowest BCUT2D eigenvalue weighted by atomic mass is 9.94. The Morgan fingerprint density at radius 2 is 1.86 bits per heavy atom. The highest BCUT2D eigenvalue weighted by Gasteiger charge is 2.22. The molecule has 146 valence electrons. The van der Waals surface area contributed by atoms with E-state index in [9.17, 15) is 0 Å². The van der Waals surface area contributed by atoms with Gasteiger partial charge in [-0.1, -0.05) is 68.3 Å². The molecule has 0 bridgehead atoms. The van der Waals surface area contributed by atoms with Crippen LogP contribution in [0.2, 0.25) is 0 Å². The van der Waals surface area contributed by atoms with E-state index >= 15 is 0 Å². The third-order valence-electron chi connectivity index (χ3n) is 6.50. The SMILES string of the molecule is CCCCC1CCc2cc(CCCC3=C(C)CC(c4ccccc4)=N3)ccc21. The van der Waals surface area contributed by atoms with Gasteiger partial charge >= 0.3 is 0 Å². The molecule has 1 atom stereocenters. The van der Waals surface area contributed by atoms with Crippen molar-refractivity contribution in [1.82, 2.24) is 0 Å². The Labute approximate surface area is 170 Å². The summed E-state index contributed by atoms with van der Waals surface area (Å²) in [5, 5.41) is 0. The predicted molar refractivity (Wildman–Crippen MR) is 120 cm³/mol. The summed E-state index contributed by atoms with van der Waals surface area (Å²) in [6.07, 6.45) is 11.2. The Morgan fingerprint density at radius 3 is 2.68 bits per heavy atom. The monoisotopic (exact) mass is 371 g/mol. The number of allylic oxidation sites excluding steroid dienone is 2. The van der Waals surface area contributed by atoms with Crippen molar-refractivity contribution < 1.29 is 0 Å². The first-order valence-corrected chi connectivity index (χ1v) is 11.2. The van der Waals surface area contributed by atoms with Gasteiger partial charge in [-0.3, -0.25) is 4.99 Å². The molecule has 1 aliphatic carbocycles. The standard InChI is InChI=1S/C27H33N/c1-3-4-10-22-15-16-24-19-21(14-17-25(22)24)9-8-13-26-20(2)18-27(28-26)23-11-6-5-7-12-23/h5-7,11-12,14,17,19,22H,3-4,8-10,13,15-16,18H2,1-2H3. The summed E-state index contributed by atoms with van der Waals surface area (Å²) in [6, 6.07) is 17.9. The lowest BCUT2D eigenvalue weighted by Crippen LogP contribution is -1.96. The van der Waals surface area contributed by atoms with Crippen molar-refractivity contribution in [3.05, 3.63) is 82.1 Å². The summed E-state index contributed by atoms with van der Waals surface area (Å²) in [6.45, 7) is 4.55. The number of benzene rings is 2. The van der Waals surface area contributed by atoms with E-state index in [4.69, 9.17) is 4.99 Å². The summed E-state index contributed by atoms with van der Waals surface area (Å²) in [5.74, 6) is 0.820. The zero-order chi connectivity index (χ0) is 19.3. The maximum absolute atomic E-state index is 4.96. The van der Waals surface area contributed by atoms with Crippen LogP contribution in [0.4, 0.5) is 0 Å². The highest BCUT2D eigenvalue weighted by Crippen LogP contribution is 2.37. The van der Waals surface area contributed by atoms with Crippen molar-refractivity contribution in [2.75, 3.05) is 0 Å². The lowest BCUT2D eigenvalue weighted by molar-refractivity contribution is 0.580. The van der Waals surface area contributed by atoms with Crippen LogP contribution in [0.25, 0.3) is 0 Å². The molecule has 1 unspecified atom stereocenters. The van der Waals surface area contributed by atoms with Crippen LogP contribution in [-0.4, -0.2) is 5.71 Å². The largest absolute Gasteiger partial charge is 0.257 e. The van der Waals surface area contributed by atoms with E-state index in [1.54, 1.807) is 11.1 Å². The first-order valence-electron chi connectivity index (χ1n) is 11.2. The molecule has 0 saturated carbocycles. The van der Waals surface area contributed by atoms with E-state index in [0.717, 1.165) is 18.8 Å². The summed E-state index contributed by atoms with van der Waals surface area (Å²) < 4.78 is 0. The number of hydrogen-bond acceptors (Lipinski definition) is 1. The molecule has 2 aromatic rings. The van der Waals surface area contributed by atoms with Crippen LogP contribution in [0.15, 0.2) is 64.8 Å². The van der Waals surface area contributed by atoms with E-state index in [2.05, 4.69) is 62.4 Å². The third-order valence-corrected chi connectivity index (χ3v) is 6.50. The molecule has 0 amide bonds. The molecular formula is C27H33N. The minimum atomic E-state index is 0.820. The van der Waals surface area contributed by atoms with E-state index < -0.39 is 0 Å². The van der Waals surface area contributed by atoms with Gasteiger partial charge in [0.05, 0.1) is 5.71 Å². The second-order valence-corrected chi connectivity index (χ2v) is 8.59. The number of unbranched alkanes of at least 4 members (excludes halogenated alkanes) is 1. The van der Waals surface area contributed by atoms with Crippen LogP contribution in [0, 0.1) is 0 Å². The van der Waals surface area contributed by atoms with Crippen LogP contribution in [-0.2, 0) is 12.8 Å². The fourth-order valence-corrected chi connectivity index (χ4v) is 4.84. The van der Waals surface area contributed by atoms with Crippen LogP contribution in [0.3, 0.4) is 0 Å². The third kappa shape index (κ3) is 4.29. The Kier molecular flexibility index (Phi) is 6.10. The maximum atomic E-state index is 4.96. The molecule has 1 heteroatoms. The normalized spacial score (nSPS) is 18.5. The smallest absolute Gasteiger partial charge is 0.0520 e. The molecule has 0 saturated heterocycles. The van der Waals surface area contributed by atoms with E-state index in [1.165, 1.54) is 73.1 Å². The second kappa shape index (κ2) is 8.90. The van der Waals surface area contributed by atoms with Crippen LogP contribution >= 0.6 is 0 Å². The van der Waals surface area contributed by atoms with Crippen molar-refractivity contribution in [3.63, 3.8) is 0 Å². The predicted octanol–water partition coefficient (Wildman–Crippen LogP) is 7.40. The molecule has 0 fully saturated rings. The topological polar surface area (TPSA) is 12.4 Å². The van der Waals surface area contributed by atoms with E-state index in [1.807, 2.05) is 0 Å². The van der Waals surface area contributed by atoms with E-state index in [-0.39, 0.29) is 0 Å². The van der Waals surface area contributed by atoms with Gasteiger partial charge in [0.2, 0.25) is 0 Å². The molecule has 0 N–H and O–H groups in total. The Bertz CT molecular complexity index is 872. The minimum absolute atomic E-state index is 0.820. The Balaban J connectivity index is 1.33. The molecule has 1 heterocycles. The second-order valence-electron chi connectivity index (χ2n) is 8.59. The van der Waals surface area contributed by atoms with Crippen LogP contribution in [0.1, 0.15) is 87.0 Å². The Hall–Kier alpha value is -2.15. The zero-order valence-corrected chi connectivity index (χ0v) is 17.5. The van der Waals surface area contributed by atoms with Gasteiger partial charge < -0.3 is 0 Å². The zero-order valence-electron chi connectivity index (χ0n) is 17.5. The summed E-state index contributed by atoms with van der Waals surface area (Å²) >= 11 is 0. The molecule has 28 heavy (non-hydrogen) atoms. The number of rotatable bonds is 8. The number of nitrogens with zero attached hydrogens (tertiary/aromatic N) is 1. The van der Waals surface area contributed by atoms with Gasteiger partial charge in [0.25, 0.3) is 0 Å². The molecule has 2 aliphatic rings. The molecule has 0 aromatic heterocycles. The van der Waals surface area contributed by atoms with Crippen LogP contribution in [0.5, 0.6) is 0 Å². The maximum Gasteiger partial charge on any atom is 0.0520 e. The fourth-order valence-electron chi connectivity index (χ4n) is 4.84. The van der Waals surface area contributed by atoms with Gasteiger partial charge in [-0.15, -0.1) is 0 Å². The molecule has 0 spiro atoms. The first-order chi connectivity index (χ1) is 13.7. The number of aryl methyl sites for hydroxylation is 2. The van der Waals surface area contributed by atoms with Gasteiger partial charge in [0.15, 0.2) is 0 Å². The minimum Gasteiger partial charge on any atom is -0.257 e. The molecule has 1 aliphatic heterocycles. The van der Waals surface area contributed by atoms with E-state index in [0.29, 0.717) is 0 Å². The first kappa shape index (κ1) is 19.2. The Morgan fingerprint density at radius 1 is 1.00 bits per heavy atom. The molecule has 2 aromatic carbocycles. The van der Waals surface area contributed by atoms with Crippen LogP contribution < -0.4 is 0 Å². The van der Waals surface area contributed by atoms with Gasteiger partial charge in [0, 0.05) is 12.1 Å². The summed E-state index contributed by atoms with van der Waals surface area (Å²) in [5.41, 5.74) is 10.1. The van der Waals surface area contributed by atoms with Gasteiger partial charge in [-0.2, -0.15) is 0 Å². The van der Waals surface area contributed by atoms with Gasteiger partial charge in [0.1, 0.15) is 0 Å². The number of fused-ring (bicyclic) bond motifs is 1. The average molecular weight is 372 g/mol. The molecule has 1 nitrogen and oxygen atoms in total. The quantitative estimate of drug-likeness (QED) is 0.458. The van der Waals surface area contributed by atoms with Gasteiger partial charge in [-0.05, 0) is 79.2 Å². The molecular weight excluding hydrogens is 338 g/mol. The molecule has 4 rings (SSSR count). The average Bonchev–Trinajstić information content (AvgIpc) is 3.30. The van der Waals surface area contributed by atoms with Crippen molar-refractivity contribution >= 4 is 5.71 Å². The van der Waals surface area contributed by atoms with Crippen molar-refractivity contribution in [2.45, 2.75) is 77.6 Å². The van der Waals surface area contributed by atoms with Crippen molar-refractivity contribution in [2.24, 2.45) is 4.99 Å². The molecule has 0 radical (unpaired) electrons. The van der Waals surface area contributed by atoms with Gasteiger partial charge in [-0.25, -0.2) is 0 Å². The number of aliphatic imine (C=N–C) groups is 1. The highest BCUT2D eigenvalue weighted by atomic mass is 14.8. The summed E-state index contributed by atoms with van der Waals surface area (Å²) in [7, 11) is 0. The number of hydrogen-bond donors (Lipinski definition) is 0. The summed E-state index contributed by atoms with van der Waals surface area (Å²) in [4.78, 5) is 4.96. The fraction of sp³-hybridized carbons (Fsp3) is 0.444.